The average Bonchev–Trinajstić information content (AvgIpc) is 4.08. The number of benzene rings is 3. The molecule has 75 heavy (non-hydrogen) atoms. The van der Waals surface area contributed by atoms with E-state index in [1.165, 1.54) is 29.2 Å². The number of morpholine rings is 1. The van der Waals surface area contributed by atoms with E-state index in [2.05, 4.69) is 15.5 Å². The molecule has 400 valence electrons. The minimum absolute atomic E-state index is 0.0661. The topological polar surface area (TPSA) is 242 Å². The summed E-state index contributed by atoms with van der Waals surface area (Å²) in [4.78, 5) is 112. The Hall–Kier alpha value is -5.84. The van der Waals surface area contributed by atoms with Gasteiger partial charge in [0.2, 0.25) is 41.8 Å². The van der Waals surface area contributed by atoms with Gasteiger partial charge >= 0.3 is 7.60 Å². The number of amides is 6. The number of carbonyl (C=O) groups excluding carboxylic acids is 6. The fourth-order valence-electron chi connectivity index (χ4n) is 11.5. The van der Waals surface area contributed by atoms with Crippen molar-refractivity contribution in [3.05, 3.63) is 94.4 Å². The van der Waals surface area contributed by atoms with Crippen molar-refractivity contribution >= 4 is 75.8 Å². The lowest BCUT2D eigenvalue weighted by atomic mass is 9.85. The number of likely N-dealkylation sites (tertiary alicyclic amines) is 1. The van der Waals surface area contributed by atoms with Crippen molar-refractivity contribution in [2.75, 3.05) is 62.8 Å². The Labute approximate surface area is 436 Å². The zero-order valence-electron chi connectivity index (χ0n) is 42.0. The van der Waals surface area contributed by atoms with Crippen LogP contribution in [0.15, 0.2) is 72.8 Å². The Kier molecular flexibility index (Phi) is 14.4. The van der Waals surface area contributed by atoms with Crippen LogP contribution in [0.3, 0.4) is 0 Å². The molecule has 8 heterocycles. The third-order valence-electron chi connectivity index (χ3n) is 15.4. The number of piperazine rings is 1. The zero-order valence-corrected chi connectivity index (χ0v) is 43.8. The number of nitrogens with zero attached hydrogens (tertiary/aromatic N) is 6. The number of ether oxygens (including phenoxy) is 2. The van der Waals surface area contributed by atoms with Gasteiger partial charge in [-0.25, -0.2) is 4.39 Å². The highest BCUT2D eigenvalue weighted by atomic mass is 32.1. The summed E-state index contributed by atoms with van der Waals surface area (Å²) in [6.07, 6.45) is -0.798. The molecular formula is C52H62FN8O12PS. The van der Waals surface area contributed by atoms with Gasteiger partial charge in [0.1, 0.15) is 30.8 Å². The second-order valence-electron chi connectivity index (χ2n) is 21.5. The van der Waals surface area contributed by atoms with Crippen LogP contribution in [-0.2, 0) is 44.6 Å². The molecular weight excluding hydrogens is 1010 g/mol. The molecule has 0 saturated carbocycles. The lowest BCUT2D eigenvalue weighted by molar-refractivity contribution is -0.164. The summed E-state index contributed by atoms with van der Waals surface area (Å²) in [7, 11) is -3.32. The van der Waals surface area contributed by atoms with E-state index in [0.717, 1.165) is 34.6 Å². The number of aliphatic hydroxyl groups is 1. The summed E-state index contributed by atoms with van der Waals surface area (Å²) in [5.41, 5.74) is 2.25. The normalized spacial score (nSPS) is 26.0. The van der Waals surface area contributed by atoms with Gasteiger partial charge < -0.3 is 54.2 Å². The molecule has 9 atom stereocenters. The summed E-state index contributed by atoms with van der Waals surface area (Å²) >= 11 is 1.07. The van der Waals surface area contributed by atoms with Crippen LogP contribution >= 0.6 is 18.9 Å². The van der Waals surface area contributed by atoms with Gasteiger partial charge in [-0.2, -0.15) is 0 Å². The lowest BCUT2D eigenvalue weighted by Gasteiger charge is -2.56. The summed E-state index contributed by atoms with van der Waals surface area (Å²) in [6, 6.07) is 17.8. The lowest BCUT2D eigenvalue weighted by Crippen LogP contribution is -2.70. The van der Waals surface area contributed by atoms with Gasteiger partial charge in [0, 0.05) is 63.0 Å². The molecule has 5 unspecified atom stereocenters. The molecule has 0 spiro atoms. The maximum Gasteiger partial charge on any atom is 0.363 e. The molecule has 6 amide bonds. The predicted octanol–water partition coefficient (Wildman–Crippen LogP) is 3.60. The molecule has 7 aliphatic rings. The molecule has 2 bridgehead atoms. The number of nitrogens with one attached hydrogen (secondary N) is 2. The van der Waals surface area contributed by atoms with E-state index < -0.39 is 73.3 Å². The van der Waals surface area contributed by atoms with Crippen LogP contribution in [0, 0.1) is 5.41 Å². The van der Waals surface area contributed by atoms with Crippen LogP contribution < -0.4 is 20.4 Å². The van der Waals surface area contributed by atoms with Gasteiger partial charge in [0.15, 0.2) is 0 Å². The Balaban J connectivity index is 0.818. The number of hydrogen-bond acceptors (Lipinski definition) is 14. The van der Waals surface area contributed by atoms with E-state index in [9.17, 15) is 52.6 Å². The summed E-state index contributed by atoms with van der Waals surface area (Å²) in [6.45, 7) is 7.73. The number of piperidine rings is 2. The predicted molar refractivity (Wildman–Crippen MR) is 274 cm³/mol. The van der Waals surface area contributed by atoms with Gasteiger partial charge in [0.25, 0.3) is 5.91 Å². The van der Waals surface area contributed by atoms with Crippen molar-refractivity contribution in [3.63, 3.8) is 0 Å². The van der Waals surface area contributed by atoms with Crippen LogP contribution in [0.2, 0.25) is 0 Å². The first-order valence-electron chi connectivity index (χ1n) is 25.2. The zero-order chi connectivity index (χ0) is 53.2. The van der Waals surface area contributed by atoms with E-state index in [0.29, 0.717) is 41.8 Å². The molecule has 20 nitrogen and oxygen atoms in total. The quantitative estimate of drug-likeness (QED) is 0.0950. The number of rotatable bonds is 13. The molecule has 23 heteroatoms. The average molecular weight is 1070 g/mol. The van der Waals surface area contributed by atoms with Crippen LogP contribution in [0.4, 0.5) is 15.8 Å². The number of fused-ring (bicyclic) bond motifs is 4. The summed E-state index contributed by atoms with van der Waals surface area (Å²) in [5.74, 6) is -5.00. The molecule has 3 aromatic carbocycles. The number of imide groups is 1. The van der Waals surface area contributed by atoms with Crippen molar-refractivity contribution < 1.29 is 62.1 Å². The summed E-state index contributed by atoms with van der Waals surface area (Å²) in [5, 5.41) is 16.8. The van der Waals surface area contributed by atoms with Crippen molar-refractivity contribution in [1.82, 2.24) is 30.2 Å². The number of aliphatic hydroxyl groups excluding tert-OH is 1. The second kappa shape index (κ2) is 20.6. The van der Waals surface area contributed by atoms with Crippen LogP contribution in [0.1, 0.15) is 84.8 Å². The van der Waals surface area contributed by atoms with Gasteiger partial charge in [-0.05, 0) is 77.1 Å². The van der Waals surface area contributed by atoms with E-state index in [1.54, 1.807) is 42.5 Å². The Morgan fingerprint density at radius 2 is 1.71 bits per heavy atom. The fraction of sp³-hybridized carbons (Fsp3) is 0.500. The van der Waals surface area contributed by atoms with Gasteiger partial charge in [-0.3, -0.25) is 43.5 Å². The van der Waals surface area contributed by atoms with E-state index in [4.69, 9.17) is 9.47 Å². The van der Waals surface area contributed by atoms with Gasteiger partial charge in [-0.15, -0.1) is 11.3 Å². The molecule has 0 aliphatic carbocycles. The Morgan fingerprint density at radius 1 is 0.960 bits per heavy atom. The van der Waals surface area contributed by atoms with Crippen molar-refractivity contribution in [2.45, 2.75) is 108 Å². The number of halogens is 1. The highest BCUT2D eigenvalue weighted by molar-refractivity contribution is 7.51. The second-order valence-corrected chi connectivity index (χ2v) is 24.2. The number of carbonyl (C=O) groups is 6. The van der Waals surface area contributed by atoms with E-state index in [-0.39, 0.29) is 85.9 Å². The minimum Gasteiger partial charge on any atom is -0.370 e. The monoisotopic (exact) mass is 1070 g/mol. The standard InChI is InChI=1S/C52H62FN8O12PS/c1-52(2,3)45(55-48(65)41-22-32-21-31(11-14-40(32)75-41)46(53)74(69,70)71)50(67)59-17-16-38(44(59)49(66)58-18-19-72-39(27-58)30-8-6-5-7-9-30)73-28-43(63)60-33-23-34(60)26-57(25-33)24-29-10-12-35-37(20-29)56(4)51(68)61(35)36-13-15-42(62)54-47(36)64/h5-12,14,20-22,33-34,36,38-39,44-46,51,68H,13,15-19,23-28H2,1-4H3,(H,55,65)(H,54,62,64)(H2,69,70,71)/t33?,34?,36?,38-,39+,44+,45-,46?,51?/m1/s1. The van der Waals surface area contributed by atoms with E-state index in [1.807, 2.05) is 53.4 Å². The van der Waals surface area contributed by atoms with Crippen LogP contribution in [0.25, 0.3) is 10.1 Å². The molecule has 7 aliphatic heterocycles. The molecule has 6 saturated heterocycles. The maximum absolute atomic E-state index is 15.0. The first kappa shape index (κ1) is 52.6. The maximum atomic E-state index is 15.0. The smallest absolute Gasteiger partial charge is 0.363 e. The third-order valence-corrected chi connectivity index (χ3v) is 17.4. The molecule has 4 aromatic rings. The summed E-state index contributed by atoms with van der Waals surface area (Å²) < 4.78 is 39.4. The number of hydrogen-bond donors (Lipinski definition) is 5. The van der Waals surface area contributed by atoms with E-state index >= 15 is 0 Å². The third kappa shape index (κ3) is 10.4. The number of anilines is 2. The molecule has 1 aromatic heterocycles. The Bertz CT molecular complexity index is 2940. The van der Waals surface area contributed by atoms with Crippen molar-refractivity contribution in [1.29, 1.82) is 0 Å². The SMILES string of the molecule is CN1c2cc(CN3CC4CC(C3)N4C(=O)CO[C@@H]3CCN(C(=O)[C@@H](NC(=O)c4cc5cc(C(F)P(=O)(O)O)ccc5s4)C(C)(C)C)[C@@H]3C(=O)N3CCO[C@H](c4ccccc4)C3)ccc2N(C2CCC(=O)NC2=O)C1O. The van der Waals surface area contributed by atoms with Gasteiger partial charge in [-0.1, -0.05) is 63.2 Å². The van der Waals surface area contributed by atoms with Crippen LogP contribution in [0.5, 0.6) is 0 Å². The van der Waals surface area contributed by atoms with Crippen molar-refractivity contribution in [2.24, 2.45) is 5.41 Å². The molecule has 0 radical (unpaired) electrons. The first-order valence-corrected chi connectivity index (χ1v) is 27.7. The highest BCUT2D eigenvalue weighted by Crippen LogP contribution is 2.53. The Morgan fingerprint density at radius 3 is 2.41 bits per heavy atom. The molecule has 5 N–H and O–H groups in total. The number of alkyl halides is 1. The first-order chi connectivity index (χ1) is 35.6. The van der Waals surface area contributed by atoms with Crippen molar-refractivity contribution in [3.8, 4) is 0 Å². The fourth-order valence-corrected chi connectivity index (χ4v) is 13.0. The largest absolute Gasteiger partial charge is 0.370 e. The van der Waals surface area contributed by atoms with Gasteiger partial charge in [0.05, 0.1) is 35.5 Å². The molecule has 6 fully saturated rings. The van der Waals surface area contributed by atoms with Crippen LogP contribution in [-0.4, -0.2) is 166 Å². The highest BCUT2D eigenvalue weighted by Gasteiger charge is 2.51. The number of thiophene rings is 1. The molecule has 11 rings (SSSR count). The minimum atomic E-state index is -5.08.